The van der Waals surface area contributed by atoms with Gasteiger partial charge in [-0.3, -0.25) is 0 Å². The van der Waals surface area contributed by atoms with Gasteiger partial charge in [0, 0.05) is 6.07 Å². The molecule has 2 N–H and O–H groups in total. The predicted molar refractivity (Wildman–Crippen MR) is 78.8 cm³/mol. The second kappa shape index (κ2) is 8.09. The van der Waals surface area contributed by atoms with Crippen LogP contribution in [0.25, 0.3) is 0 Å². The molecule has 1 aromatic rings. The van der Waals surface area contributed by atoms with E-state index in [-0.39, 0.29) is 12.4 Å². The molecule has 0 aliphatic heterocycles. The molecule has 18 heavy (non-hydrogen) atoms. The van der Waals surface area contributed by atoms with Crippen LogP contribution in [0.15, 0.2) is 18.2 Å². The molecule has 1 aromatic carbocycles. The van der Waals surface area contributed by atoms with E-state index in [1.807, 2.05) is 18.2 Å². The van der Waals surface area contributed by atoms with E-state index in [0.29, 0.717) is 30.7 Å². The molecule has 0 fully saturated rings. The van der Waals surface area contributed by atoms with Crippen molar-refractivity contribution in [3.05, 3.63) is 18.2 Å². The first-order chi connectivity index (χ1) is 7.99. The first-order valence-electron chi connectivity index (χ1n) is 6.14. The van der Waals surface area contributed by atoms with Gasteiger partial charge in [0.2, 0.25) is 0 Å². The van der Waals surface area contributed by atoms with Crippen LogP contribution in [0.4, 0.5) is 5.69 Å². The normalized spacial score (nSPS) is 10.3. The second-order valence-electron chi connectivity index (χ2n) is 5.11. The highest BCUT2D eigenvalue weighted by Crippen LogP contribution is 2.27. The van der Waals surface area contributed by atoms with Crippen LogP contribution < -0.4 is 15.2 Å². The third-order valence-electron chi connectivity index (χ3n) is 2.14. The fraction of sp³-hybridized carbons (Fsp3) is 0.571. The number of rotatable bonds is 6. The fourth-order valence-corrected chi connectivity index (χ4v) is 1.27. The van der Waals surface area contributed by atoms with Crippen LogP contribution >= 0.6 is 12.4 Å². The Morgan fingerprint density at radius 3 is 2.06 bits per heavy atom. The summed E-state index contributed by atoms with van der Waals surface area (Å²) in [6.45, 7) is 9.82. The minimum absolute atomic E-state index is 0. The number of hydrogen-bond donors (Lipinski definition) is 1. The smallest absolute Gasteiger partial charge is 0.142 e. The van der Waals surface area contributed by atoms with Gasteiger partial charge >= 0.3 is 0 Å². The van der Waals surface area contributed by atoms with Gasteiger partial charge in [0.1, 0.15) is 11.5 Å². The van der Waals surface area contributed by atoms with Gasteiger partial charge in [0.05, 0.1) is 18.9 Å². The minimum Gasteiger partial charge on any atom is -0.493 e. The quantitative estimate of drug-likeness (QED) is 0.803. The lowest BCUT2D eigenvalue weighted by Crippen LogP contribution is -2.07. The fourth-order valence-electron chi connectivity index (χ4n) is 1.27. The molecule has 0 atom stereocenters. The Morgan fingerprint density at radius 1 is 1.00 bits per heavy atom. The molecule has 0 aromatic heterocycles. The third kappa shape index (κ3) is 6.01. The number of benzene rings is 1. The summed E-state index contributed by atoms with van der Waals surface area (Å²) >= 11 is 0. The second-order valence-corrected chi connectivity index (χ2v) is 5.11. The average Bonchev–Trinajstić information content (AvgIpc) is 2.24. The zero-order valence-electron chi connectivity index (χ0n) is 11.6. The van der Waals surface area contributed by atoms with Crippen LogP contribution in [-0.2, 0) is 0 Å². The number of ether oxygens (including phenoxy) is 2. The molecule has 0 radical (unpaired) electrons. The Balaban J connectivity index is 0.00000289. The minimum atomic E-state index is 0. The molecule has 0 aliphatic rings. The molecule has 0 saturated heterocycles. The lowest BCUT2D eigenvalue weighted by molar-refractivity contribution is 0.265. The van der Waals surface area contributed by atoms with Gasteiger partial charge in [-0.15, -0.1) is 12.4 Å². The molecule has 0 heterocycles. The van der Waals surface area contributed by atoms with Crippen molar-refractivity contribution in [2.45, 2.75) is 27.7 Å². The van der Waals surface area contributed by atoms with Crippen molar-refractivity contribution < 1.29 is 9.47 Å². The maximum absolute atomic E-state index is 5.91. The number of halogens is 1. The Hall–Kier alpha value is -1.09. The topological polar surface area (TPSA) is 44.5 Å². The Kier molecular flexibility index (Phi) is 7.60. The monoisotopic (exact) mass is 273 g/mol. The average molecular weight is 274 g/mol. The van der Waals surface area contributed by atoms with Gasteiger partial charge in [-0.2, -0.15) is 0 Å². The van der Waals surface area contributed by atoms with Gasteiger partial charge in [-0.25, -0.2) is 0 Å². The van der Waals surface area contributed by atoms with Crippen LogP contribution in [0, 0.1) is 11.8 Å². The van der Waals surface area contributed by atoms with Crippen LogP contribution in [-0.4, -0.2) is 13.2 Å². The highest BCUT2D eigenvalue weighted by Gasteiger charge is 2.04. The van der Waals surface area contributed by atoms with Crippen LogP contribution in [0.2, 0.25) is 0 Å². The molecule has 0 aliphatic carbocycles. The van der Waals surface area contributed by atoms with Crippen molar-refractivity contribution in [1.82, 2.24) is 0 Å². The van der Waals surface area contributed by atoms with E-state index in [9.17, 15) is 0 Å². The molecule has 0 spiro atoms. The van der Waals surface area contributed by atoms with Gasteiger partial charge in [0.25, 0.3) is 0 Å². The zero-order chi connectivity index (χ0) is 12.8. The van der Waals surface area contributed by atoms with Crippen molar-refractivity contribution >= 4 is 18.1 Å². The first kappa shape index (κ1) is 16.9. The van der Waals surface area contributed by atoms with Crippen LogP contribution in [0.1, 0.15) is 27.7 Å². The Labute approximate surface area is 116 Å². The van der Waals surface area contributed by atoms with Crippen LogP contribution in [0.5, 0.6) is 11.5 Å². The maximum Gasteiger partial charge on any atom is 0.142 e. The molecule has 104 valence electrons. The van der Waals surface area contributed by atoms with Crippen molar-refractivity contribution in [3.8, 4) is 11.5 Å². The molecule has 3 nitrogen and oxygen atoms in total. The van der Waals surface area contributed by atoms with Crippen molar-refractivity contribution in [2.75, 3.05) is 18.9 Å². The number of nitrogen functional groups attached to an aromatic ring is 1. The molecular formula is C14H24ClNO2. The summed E-state index contributed by atoms with van der Waals surface area (Å²) in [5.74, 6) is 2.53. The maximum atomic E-state index is 5.91. The van der Waals surface area contributed by atoms with Crippen molar-refractivity contribution in [1.29, 1.82) is 0 Å². The van der Waals surface area contributed by atoms with E-state index in [4.69, 9.17) is 15.2 Å². The van der Waals surface area contributed by atoms with E-state index < -0.39 is 0 Å². The van der Waals surface area contributed by atoms with E-state index >= 15 is 0 Å². The lowest BCUT2D eigenvalue weighted by Gasteiger charge is -2.13. The van der Waals surface area contributed by atoms with Gasteiger partial charge in [-0.05, 0) is 24.0 Å². The molecule has 0 saturated carbocycles. The van der Waals surface area contributed by atoms with E-state index in [1.165, 1.54) is 0 Å². The van der Waals surface area contributed by atoms with Gasteiger partial charge < -0.3 is 15.2 Å². The summed E-state index contributed by atoms with van der Waals surface area (Å²) in [7, 11) is 0. The molecule has 4 heteroatoms. The molecule has 0 unspecified atom stereocenters. The predicted octanol–water partition coefficient (Wildman–Crippen LogP) is 3.76. The molecule has 0 amide bonds. The van der Waals surface area contributed by atoms with E-state index in [1.54, 1.807) is 0 Å². The molecule has 0 bridgehead atoms. The highest BCUT2D eigenvalue weighted by molar-refractivity contribution is 5.85. The van der Waals surface area contributed by atoms with Gasteiger partial charge in [0.15, 0.2) is 0 Å². The summed E-state index contributed by atoms with van der Waals surface area (Å²) in [6, 6.07) is 5.58. The van der Waals surface area contributed by atoms with Gasteiger partial charge in [-0.1, -0.05) is 27.7 Å². The summed E-state index contributed by atoms with van der Waals surface area (Å²) < 4.78 is 11.2. The highest BCUT2D eigenvalue weighted by atomic mass is 35.5. The largest absolute Gasteiger partial charge is 0.493 e. The number of hydrogen-bond acceptors (Lipinski definition) is 3. The summed E-state index contributed by atoms with van der Waals surface area (Å²) in [4.78, 5) is 0. The summed E-state index contributed by atoms with van der Waals surface area (Å²) in [5.41, 5.74) is 6.54. The third-order valence-corrected chi connectivity index (χ3v) is 2.14. The molecular weight excluding hydrogens is 250 g/mol. The molecule has 1 rings (SSSR count). The van der Waals surface area contributed by atoms with Crippen LogP contribution in [0.3, 0.4) is 0 Å². The number of anilines is 1. The first-order valence-corrected chi connectivity index (χ1v) is 6.14. The number of nitrogens with two attached hydrogens (primary N) is 1. The van der Waals surface area contributed by atoms with E-state index in [2.05, 4.69) is 27.7 Å². The zero-order valence-corrected chi connectivity index (χ0v) is 12.4. The van der Waals surface area contributed by atoms with E-state index in [0.717, 1.165) is 11.5 Å². The summed E-state index contributed by atoms with van der Waals surface area (Å²) in [5, 5.41) is 0. The standard InChI is InChI=1S/C14H23NO2.ClH/c1-10(2)8-16-12-5-6-14(13(15)7-12)17-9-11(3)4;/h5-7,10-11H,8-9,15H2,1-4H3;1H. The Bertz CT molecular complexity index is 354. The Morgan fingerprint density at radius 2 is 1.56 bits per heavy atom. The van der Waals surface area contributed by atoms with Crippen molar-refractivity contribution in [3.63, 3.8) is 0 Å². The van der Waals surface area contributed by atoms with Crippen molar-refractivity contribution in [2.24, 2.45) is 11.8 Å². The SMILES string of the molecule is CC(C)COc1ccc(OCC(C)C)c(N)c1.Cl. The summed E-state index contributed by atoms with van der Waals surface area (Å²) in [6.07, 6.45) is 0. The lowest BCUT2D eigenvalue weighted by atomic mass is 10.2.